The van der Waals surface area contributed by atoms with Crippen molar-refractivity contribution in [1.82, 2.24) is 0 Å². The summed E-state index contributed by atoms with van der Waals surface area (Å²) in [4.78, 5) is 10.9. The molecule has 0 unspecified atom stereocenters. The Bertz CT molecular complexity index is 379. The van der Waals surface area contributed by atoms with Crippen LogP contribution in [0.25, 0.3) is 0 Å². The third-order valence-corrected chi connectivity index (χ3v) is 2.07. The Morgan fingerprint density at radius 1 is 1.33 bits per heavy atom. The maximum absolute atomic E-state index is 10.9. The lowest BCUT2D eigenvalue weighted by atomic mass is 10.1. The van der Waals surface area contributed by atoms with E-state index >= 15 is 0 Å². The number of hydrogen-bond acceptors (Lipinski definition) is 2. The standard InChI is InChI=1S/C13H14O2/c1-3-4-11-5-7-12(8-6-11)9-10-13(14)15-2/h5-8H,9-10H2,1-2H3. The van der Waals surface area contributed by atoms with E-state index < -0.39 is 0 Å². The second kappa shape index (κ2) is 5.87. The van der Waals surface area contributed by atoms with Crippen molar-refractivity contribution < 1.29 is 9.53 Å². The maximum atomic E-state index is 10.9. The molecule has 1 rings (SSSR count). The molecule has 0 aliphatic carbocycles. The van der Waals surface area contributed by atoms with Gasteiger partial charge in [0.25, 0.3) is 0 Å². The molecule has 78 valence electrons. The smallest absolute Gasteiger partial charge is 0.305 e. The second-order valence-corrected chi connectivity index (χ2v) is 3.15. The van der Waals surface area contributed by atoms with Crippen LogP contribution in [0.1, 0.15) is 24.5 Å². The molecule has 0 N–H and O–H groups in total. The molecule has 0 spiro atoms. The van der Waals surface area contributed by atoms with Gasteiger partial charge in [-0.15, -0.1) is 5.92 Å². The van der Waals surface area contributed by atoms with Gasteiger partial charge in [-0.05, 0) is 31.0 Å². The highest BCUT2D eigenvalue weighted by molar-refractivity contribution is 5.69. The highest BCUT2D eigenvalue weighted by atomic mass is 16.5. The molecule has 0 saturated carbocycles. The van der Waals surface area contributed by atoms with Gasteiger partial charge in [-0.25, -0.2) is 0 Å². The Kier molecular flexibility index (Phi) is 4.43. The van der Waals surface area contributed by atoms with Crippen LogP contribution < -0.4 is 0 Å². The number of benzene rings is 1. The molecule has 0 amide bonds. The first-order valence-electron chi connectivity index (χ1n) is 4.84. The van der Waals surface area contributed by atoms with Crippen LogP contribution >= 0.6 is 0 Å². The number of carbonyl (C=O) groups is 1. The monoisotopic (exact) mass is 202 g/mol. The average molecular weight is 202 g/mol. The van der Waals surface area contributed by atoms with Crippen molar-refractivity contribution >= 4 is 5.97 Å². The van der Waals surface area contributed by atoms with Crippen LogP contribution in [0.3, 0.4) is 0 Å². The lowest BCUT2D eigenvalue weighted by Gasteiger charge is -2.00. The number of aryl methyl sites for hydroxylation is 1. The van der Waals surface area contributed by atoms with E-state index in [2.05, 4.69) is 16.6 Å². The Hall–Kier alpha value is -1.75. The molecule has 0 aliphatic rings. The van der Waals surface area contributed by atoms with E-state index in [1.54, 1.807) is 0 Å². The number of carbonyl (C=O) groups excluding carboxylic acids is 1. The van der Waals surface area contributed by atoms with Crippen molar-refractivity contribution in [1.29, 1.82) is 0 Å². The lowest BCUT2D eigenvalue weighted by molar-refractivity contribution is -0.140. The van der Waals surface area contributed by atoms with Crippen molar-refractivity contribution in [2.75, 3.05) is 7.11 Å². The van der Waals surface area contributed by atoms with Gasteiger partial charge in [-0.1, -0.05) is 18.1 Å². The predicted molar refractivity (Wildman–Crippen MR) is 59.3 cm³/mol. The normalized spacial score (nSPS) is 8.93. The van der Waals surface area contributed by atoms with Crippen LogP contribution in [0.5, 0.6) is 0 Å². The van der Waals surface area contributed by atoms with Gasteiger partial charge in [0.05, 0.1) is 7.11 Å². The fraction of sp³-hybridized carbons (Fsp3) is 0.308. The van der Waals surface area contributed by atoms with Crippen LogP contribution in [0.15, 0.2) is 24.3 Å². The molecule has 0 heterocycles. The third-order valence-electron chi connectivity index (χ3n) is 2.07. The van der Waals surface area contributed by atoms with E-state index in [1.807, 2.05) is 31.2 Å². The van der Waals surface area contributed by atoms with E-state index in [0.29, 0.717) is 12.8 Å². The molecule has 0 fully saturated rings. The minimum Gasteiger partial charge on any atom is -0.469 e. The van der Waals surface area contributed by atoms with E-state index in [0.717, 1.165) is 11.1 Å². The summed E-state index contributed by atoms with van der Waals surface area (Å²) in [6, 6.07) is 7.90. The molecule has 0 radical (unpaired) electrons. The molecule has 0 atom stereocenters. The largest absolute Gasteiger partial charge is 0.469 e. The Labute approximate surface area is 90.3 Å². The SMILES string of the molecule is CC#Cc1ccc(CCC(=O)OC)cc1. The van der Waals surface area contributed by atoms with Crippen LogP contribution in [0.4, 0.5) is 0 Å². The van der Waals surface area contributed by atoms with E-state index in [4.69, 9.17) is 0 Å². The zero-order valence-corrected chi connectivity index (χ0v) is 9.04. The molecule has 2 nitrogen and oxygen atoms in total. The topological polar surface area (TPSA) is 26.3 Å². The van der Waals surface area contributed by atoms with Crippen molar-refractivity contribution in [3.8, 4) is 11.8 Å². The summed E-state index contributed by atoms with van der Waals surface area (Å²) >= 11 is 0. The van der Waals surface area contributed by atoms with Crippen molar-refractivity contribution in [3.05, 3.63) is 35.4 Å². The fourth-order valence-electron chi connectivity index (χ4n) is 1.25. The van der Waals surface area contributed by atoms with E-state index in [9.17, 15) is 4.79 Å². The number of methoxy groups -OCH3 is 1. The third kappa shape index (κ3) is 3.86. The molecular weight excluding hydrogens is 188 g/mol. The Morgan fingerprint density at radius 3 is 2.53 bits per heavy atom. The molecule has 1 aromatic carbocycles. The van der Waals surface area contributed by atoms with Crippen LogP contribution in [0.2, 0.25) is 0 Å². The molecule has 0 aliphatic heterocycles. The highest BCUT2D eigenvalue weighted by Crippen LogP contribution is 2.06. The van der Waals surface area contributed by atoms with E-state index in [1.165, 1.54) is 7.11 Å². The first-order valence-corrected chi connectivity index (χ1v) is 4.84. The summed E-state index contributed by atoms with van der Waals surface area (Å²) < 4.78 is 4.57. The van der Waals surface area contributed by atoms with Gasteiger partial charge in [-0.2, -0.15) is 0 Å². The van der Waals surface area contributed by atoms with Crippen LogP contribution in [-0.2, 0) is 16.0 Å². The number of hydrogen-bond donors (Lipinski definition) is 0. The van der Waals surface area contributed by atoms with Gasteiger partial charge in [0, 0.05) is 12.0 Å². The number of rotatable bonds is 3. The zero-order valence-electron chi connectivity index (χ0n) is 9.04. The number of esters is 1. The van der Waals surface area contributed by atoms with Crippen molar-refractivity contribution in [2.45, 2.75) is 19.8 Å². The summed E-state index contributed by atoms with van der Waals surface area (Å²) in [5, 5.41) is 0. The summed E-state index contributed by atoms with van der Waals surface area (Å²) in [6.07, 6.45) is 1.14. The van der Waals surface area contributed by atoms with Crippen LogP contribution in [0, 0.1) is 11.8 Å². The highest BCUT2D eigenvalue weighted by Gasteiger charge is 2.00. The summed E-state index contributed by atoms with van der Waals surface area (Å²) in [5.74, 6) is 5.63. The molecular formula is C13H14O2. The van der Waals surface area contributed by atoms with Crippen LogP contribution in [-0.4, -0.2) is 13.1 Å². The molecule has 1 aromatic rings. The number of ether oxygens (including phenoxy) is 1. The lowest BCUT2D eigenvalue weighted by Crippen LogP contribution is -2.01. The van der Waals surface area contributed by atoms with Gasteiger partial charge in [0.1, 0.15) is 0 Å². The van der Waals surface area contributed by atoms with Gasteiger partial charge in [0.2, 0.25) is 0 Å². The molecule has 0 saturated heterocycles. The first-order chi connectivity index (χ1) is 7.26. The van der Waals surface area contributed by atoms with Gasteiger partial charge in [-0.3, -0.25) is 4.79 Å². The Morgan fingerprint density at radius 2 is 2.00 bits per heavy atom. The summed E-state index contributed by atoms with van der Waals surface area (Å²) in [6.45, 7) is 1.81. The summed E-state index contributed by atoms with van der Waals surface area (Å²) in [5.41, 5.74) is 2.13. The minimum atomic E-state index is -0.174. The van der Waals surface area contributed by atoms with Gasteiger partial charge in [0.15, 0.2) is 0 Å². The minimum absolute atomic E-state index is 0.174. The van der Waals surface area contributed by atoms with Gasteiger partial charge >= 0.3 is 5.97 Å². The summed E-state index contributed by atoms with van der Waals surface area (Å²) in [7, 11) is 1.41. The Balaban J connectivity index is 2.55. The molecule has 15 heavy (non-hydrogen) atoms. The molecule has 2 heteroatoms. The van der Waals surface area contributed by atoms with Crippen molar-refractivity contribution in [2.24, 2.45) is 0 Å². The predicted octanol–water partition coefficient (Wildman–Crippen LogP) is 2.16. The van der Waals surface area contributed by atoms with Crippen molar-refractivity contribution in [3.63, 3.8) is 0 Å². The fourth-order valence-corrected chi connectivity index (χ4v) is 1.25. The first kappa shape index (κ1) is 11.3. The van der Waals surface area contributed by atoms with Gasteiger partial charge < -0.3 is 4.74 Å². The second-order valence-electron chi connectivity index (χ2n) is 3.15. The maximum Gasteiger partial charge on any atom is 0.305 e. The van der Waals surface area contributed by atoms with E-state index in [-0.39, 0.29) is 5.97 Å². The quantitative estimate of drug-likeness (QED) is 0.554. The zero-order chi connectivity index (χ0) is 11.1. The molecule has 0 aromatic heterocycles. The average Bonchev–Trinajstić information content (AvgIpc) is 2.28. The molecule has 0 bridgehead atoms.